The Balaban J connectivity index is 2.52. The van der Waals surface area contributed by atoms with Crippen LogP contribution in [0, 0.1) is 12.8 Å². The highest BCUT2D eigenvalue weighted by molar-refractivity contribution is 5.76. The van der Waals surface area contributed by atoms with E-state index in [0.29, 0.717) is 12.5 Å². The third-order valence-electron chi connectivity index (χ3n) is 3.08. The minimum atomic E-state index is -0.543. The second-order valence-corrected chi connectivity index (χ2v) is 7.49. The van der Waals surface area contributed by atoms with Crippen LogP contribution in [0.3, 0.4) is 0 Å². The maximum Gasteiger partial charge on any atom is 0.407 e. The van der Waals surface area contributed by atoms with Gasteiger partial charge in [0.05, 0.1) is 6.20 Å². The van der Waals surface area contributed by atoms with Gasteiger partial charge in [-0.05, 0) is 45.6 Å². The predicted molar refractivity (Wildman–Crippen MR) is 92.6 cm³/mol. The summed E-state index contributed by atoms with van der Waals surface area (Å²) in [5.41, 5.74) is 0.465. The number of ether oxygens (including phenoxy) is 1. The Morgan fingerprint density at radius 3 is 2.50 bits per heavy atom. The summed E-state index contributed by atoms with van der Waals surface area (Å²) in [7, 11) is 0. The van der Waals surface area contributed by atoms with Crippen molar-refractivity contribution < 1.29 is 14.3 Å². The van der Waals surface area contributed by atoms with E-state index in [0.717, 1.165) is 12.0 Å². The van der Waals surface area contributed by atoms with Crippen LogP contribution >= 0.6 is 0 Å². The van der Waals surface area contributed by atoms with E-state index in [-0.39, 0.29) is 18.5 Å². The molecule has 0 radical (unpaired) electrons. The van der Waals surface area contributed by atoms with Crippen LogP contribution in [0.15, 0.2) is 12.4 Å². The van der Waals surface area contributed by atoms with Gasteiger partial charge in [-0.15, -0.1) is 0 Å². The number of nitrogens with one attached hydrogen (secondary N) is 2. The van der Waals surface area contributed by atoms with E-state index in [1.807, 2.05) is 33.9 Å². The SMILES string of the molecule is Cc1cnn(CC(=O)N[C@H](CNC(=O)OC(C)(C)C)CC(C)C)c1. The van der Waals surface area contributed by atoms with Crippen LogP contribution in [0.4, 0.5) is 4.79 Å². The molecule has 1 atom stereocenters. The molecule has 1 heterocycles. The Bertz CT molecular complexity index is 546. The molecule has 24 heavy (non-hydrogen) atoms. The Hall–Kier alpha value is -2.05. The Morgan fingerprint density at radius 2 is 2.00 bits per heavy atom. The molecule has 0 fully saturated rings. The highest BCUT2D eigenvalue weighted by Gasteiger charge is 2.19. The van der Waals surface area contributed by atoms with E-state index in [1.165, 1.54) is 0 Å². The number of amides is 2. The van der Waals surface area contributed by atoms with Gasteiger partial charge in [0.1, 0.15) is 12.1 Å². The lowest BCUT2D eigenvalue weighted by atomic mass is 10.0. The zero-order chi connectivity index (χ0) is 18.3. The molecule has 0 bridgehead atoms. The summed E-state index contributed by atoms with van der Waals surface area (Å²) in [5.74, 6) is 0.262. The fourth-order valence-electron chi connectivity index (χ4n) is 2.26. The molecule has 0 unspecified atom stereocenters. The first kappa shape index (κ1) is 20.0. The van der Waals surface area contributed by atoms with Gasteiger partial charge in [0.15, 0.2) is 0 Å². The largest absolute Gasteiger partial charge is 0.444 e. The summed E-state index contributed by atoms with van der Waals surface area (Å²) in [6.07, 6.45) is 3.81. The monoisotopic (exact) mass is 338 g/mol. The topological polar surface area (TPSA) is 85.3 Å². The molecule has 0 saturated heterocycles. The van der Waals surface area contributed by atoms with Gasteiger partial charge in [-0.3, -0.25) is 9.48 Å². The van der Waals surface area contributed by atoms with Gasteiger partial charge >= 0.3 is 6.09 Å². The first-order valence-corrected chi connectivity index (χ1v) is 8.30. The van der Waals surface area contributed by atoms with Gasteiger partial charge in [0, 0.05) is 18.8 Å². The number of carbonyl (C=O) groups is 2. The Labute approximate surface area is 144 Å². The molecule has 7 nitrogen and oxygen atoms in total. The van der Waals surface area contributed by atoms with E-state index in [2.05, 4.69) is 29.6 Å². The lowest BCUT2D eigenvalue weighted by Gasteiger charge is -2.23. The molecule has 0 aliphatic heterocycles. The molecule has 0 spiro atoms. The van der Waals surface area contributed by atoms with Gasteiger partial charge < -0.3 is 15.4 Å². The zero-order valence-electron chi connectivity index (χ0n) is 15.5. The summed E-state index contributed by atoms with van der Waals surface area (Å²) in [6.45, 7) is 12.0. The maximum absolute atomic E-state index is 12.2. The number of alkyl carbamates (subject to hydrolysis) is 1. The smallest absolute Gasteiger partial charge is 0.407 e. The molecule has 2 amide bonds. The van der Waals surface area contributed by atoms with Gasteiger partial charge in [-0.25, -0.2) is 4.79 Å². The van der Waals surface area contributed by atoms with Crippen LogP contribution < -0.4 is 10.6 Å². The van der Waals surface area contributed by atoms with Crippen molar-refractivity contribution in [2.45, 2.75) is 66.2 Å². The zero-order valence-corrected chi connectivity index (χ0v) is 15.5. The number of nitrogens with zero attached hydrogens (tertiary/aromatic N) is 2. The number of rotatable bonds is 7. The Kier molecular flexibility index (Phi) is 7.25. The molecule has 0 aliphatic carbocycles. The van der Waals surface area contributed by atoms with E-state index in [1.54, 1.807) is 10.9 Å². The van der Waals surface area contributed by atoms with Crippen LogP contribution in [-0.2, 0) is 16.1 Å². The van der Waals surface area contributed by atoms with Crippen molar-refractivity contribution in [2.24, 2.45) is 5.92 Å². The van der Waals surface area contributed by atoms with Crippen LogP contribution in [0.1, 0.15) is 46.6 Å². The standard InChI is InChI=1S/C17H30N4O3/c1-12(2)7-14(9-18-16(23)24-17(4,5)6)20-15(22)11-21-10-13(3)8-19-21/h8,10,12,14H,7,9,11H2,1-6H3,(H,18,23)(H,20,22)/t14-/m0/s1. The normalized spacial score (nSPS) is 12.8. The third-order valence-corrected chi connectivity index (χ3v) is 3.08. The third kappa shape index (κ3) is 8.55. The van der Waals surface area contributed by atoms with Gasteiger partial charge in [0.25, 0.3) is 0 Å². The van der Waals surface area contributed by atoms with Crippen molar-refractivity contribution in [2.75, 3.05) is 6.54 Å². The summed E-state index contributed by atoms with van der Waals surface area (Å²) >= 11 is 0. The summed E-state index contributed by atoms with van der Waals surface area (Å²) in [4.78, 5) is 23.9. The second-order valence-electron chi connectivity index (χ2n) is 7.49. The summed E-state index contributed by atoms with van der Waals surface area (Å²) in [6, 6.07) is -0.151. The first-order valence-electron chi connectivity index (χ1n) is 8.30. The highest BCUT2D eigenvalue weighted by Crippen LogP contribution is 2.08. The molecule has 1 aromatic heterocycles. The molecular weight excluding hydrogens is 308 g/mol. The van der Waals surface area contributed by atoms with Gasteiger partial charge in [-0.2, -0.15) is 5.10 Å². The van der Waals surface area contributed by atoms with Crippen molar-refractivity contribution in [3.05, 3.63) is 18.0 Å². The summed E-state index contributed by atoms with van der Waals surface area (Å²) < 4.78 is 6.82. The molecule has 7 heteroatoms. The quantitative estimate of drug-likeness (QED) is 0.798. The number of aryl methyl sites for hydroxylation is 1. The molecule has 2 N–H and O–H groups in total. The van der Waals surface area contributed by atoms with Gasteiger partial charge in [-0.1, -0.05) is 13.8 Å². The van der Waals surface area contributed by atoms with E-state index < -0.39 is 11.7 Å². The van der Waals surface area contributed by atoms with Gasteiger partial charge in [0.2, 0.25) is 5.91 Å². The first-order chi connectivity index (χ1) is 11.0. The second kappa shape index (κ2) is 8.70. The van der Waals surface area contributed by atoms with Crippen molar-refractivity contribution in [3.8, 4) is 0 Å². The Morgan fingerprint density at radius 1 is 1.33 bits per heavy atom. The average Bonchev–Trinajstić information content (AvgIpc) is 2.78. The van der Waals surface area contributed by atoms with E-state index in [4.69, 9.17) is 4.74 Å². The molecule has 1 aromatic rings. The van der Waals surface area contributed by atoms with E-state index in [9.17, 15) is 9.59 Å². The number of hydrogen-bond acceptors (Lipinski definition) is 4. The molecule has 0 saturated carbocycles. The fourth-order valence-corrected chi connectivity index (χ4v) is 2.26. The summed E-state index contributed by atoms with van der Waals surface area (Å²) in [5, 5.41) is 9.78. The van der Waals surface area contributed by atoms with Crippen LogP contribution in [0.25, 0.3) is 0 Å². The number of hydrogen-bond donors (Lipinski definition) is 2. The number of carbonyl (C=O) groups excluding carboxylic acids is 2. The minimum absolute atomic E-state index is 0.130. The van der Waals surface area contributed by atoms with Crippen molar-refractivity contribution >= 4 is 12.0 Å². The molecule has 0 aliphatic rings. The fraction of sp³-hybridized carbons (Fsp3) is 0.706. The molecule has 0 aromatic carbocycles. The van der Waals surface area contributed by atoms with Crippen molar-refractivity contribution in [3.63, 3.8) is 0 Å². The average molecular weight is 338 g/mol. The lowest BCUT2D eigenvalue weighted by molar-refractivity contribution is -0.122. The number of aromatic nitrogens is 2. The maximum atomic E-state index is 12.2. The minimum Gasteiger partial charge on any atom is -0.444 e. The molecule has 1 rings (SSSR count). The van der Waals surface area contributed by atoms with E-state index >= 15 is 0 Å². The van der Waals surface area contributed by atoms with Crippen LogP contribution in [0.2, 0.25) is 0 Å². The van der Waals surface area contributed by atoms with Crippen LogP contribution in [-0.4, -0.2) is 40.0 Å². The van der Waals surface area contributed by atoms with Crippen molar-refractivity contribution in [1.82, 2.24) is 20.4 Å². The highest BCUT2D eigenvalue weighted by atomic mass is 16.6. The lowest BCUT2D eigenvalue weighted by Crippen LogP contribution is -2.46. The molecular formula is C17H30N4O3. The van der Waals surface area contributed by atoms with Crippen LogP contribution in [0.5, 0.6) is 0 Å². The van der Waals surface area contributed by atoms with Crippen molar-refractivity contribution in [1.29, 1.82) is 0 Å². The predicted octanol–water partition coefficient (Wildman–Crippen LogP) is 2.25. The molecule has 136 valence electrons.